The van der Waals surface area contributed by atoms with Crippen molar-refractivity contribution in [3.05, 3.63) is 27.9 Å². The summed E-state index contributed by atoms with van der Waals surface area (Å²) in [6.45, 7) is 4.20. The Bertz CT molecular complexity index is 1560. The highest BCUT2D eigenvalue weighted by Crippen LogP contribution is 2.41. The predicted molar refractivity (Wildman–Crippen MR) is 153 cm³/mol. The number of thioether (sulfide) groups is 2. The number of nitrogens with one attached hydrogen (secondary N) is 1. The van der Waals surface area contributed by atoms with Crippen molar-refractivity contribution in [2.75, 3.05) is 28.7 Å². The average molecular weight is 638 g/mol. The second-order valence-electron chi connectivity index (χ2n) is 9.66. The molecule has 0 aliphatic carbocycles. The van der Waals surface area contributed by atoms with E-state index in [1.54, 1.807) is 18.5 Å². The molecule has 0 aromatic carbocycles. The largest absolute Gasteiger partial charge is 0.543 e. The molecule has 2 atom stereocenters. The number of fused-ring (bicyclic) bond motifs is 1. The highest BCUT2D eigenvalue weighted by molar-refractivity contribution is 8.01. The third-order valence-electron chi connectivity index (χ3n) is 6.40. The summed E-state index contributed by atoms with van der Waals surface area (Å²) in [6.07, 6.45) is 0. The van der Waals surface area contributed by atoms with Crippen molar-refractivity contribution in [3.63, 3.8) is 0 Å². The number of carbonyl (C=O) groups excluding carboxylic acids is 3. The van der Waals surface area contributed by atoms with Gasteiger partial charge in [-0.2, -0.15) is 0 Å². The number of thiazole rings is 1. The molecular formula is C23H27N9O7S3. The zero-order valence-corrected chi connectivity index (χ0v) is 25.2. The second-order valence-corrected chi connectivity index (χ2v) is 12.6. The molecule has 4 rings (SSSR count). The van der Waals surface area contributed by atoms with Crippen molar-refractivity contribution in [2.24, 2.45) is 12.2 Å². The zero-order valence-electron chi connectivity index (χ0n) is 22.7. The van der Waals surface area contributed by atoms with Gasteiger partial charge in [-0.1, -0.05) is 10.1 Å². The fourth-order valence-corrected chi connectivity index (χ4v) is 6.84. The number of carbonyl (C=O) groups is 4. The molecule has 1 saturated heterocycles. The van der Waals surface area contributed by atoms with Crippen LogP contribution in [0, 0.1) is 6.92 Å². The lowest BCUT2D eigenvalue weighted by molar-refractivity contribution is -0.699. The van der Waals surface area contributed by atoms with Crippen molar-refractivity contribution in [1.29, 1.82) is 0 Å². The van der Waals surface area contributed by atoms with Crippen LogP contribution < -0.4 is 32.2 Å². The van der Waals surface area contributed by atoms with Crippen LogP contribution in [0.15, 0.2) is 27.0 Å². The number of rotatable bonds is 10. The van der Waals surface area contributed by atoms with Gasteiger partial charge in [0.1, 0.15) is 17.1 Å². The Morgan fingerprint density at radius 3 is 2.62 bits per heavy atom. The SMILES string of the molecule is Cc1c(N)nc(SCC2=C(C(=O)[O-])N3C(=O)C(NC(=O)/C(=N\OC(C)(C)C(=O)O)c4csc(N)n4)[C@H]3SC2)[n+](C)c1N. The maximum Gasteiger partial charge on any atom is 0.350 e. The number of hydrogen-bond donors (Lipinski definition) is 5. The Balaban J connectivity index is 1.54. The van der Waals surface area contributed by atoms with Crippen LogP contribution in [-0.4, -0.2) is 78.0 Å². The van der Waals surface area contributed by atoms with Crippen LogP contribution in [-0.2, 0) is 31.1 Å². The molecule has 2 amide bonds. The first kappa shape index (κ1) is 30.8. The normalized spacial score (nSPS) is 18.8. The molecule has 1 fully saturated rings. The van der Waals surface area contributed by atoms with Crippen LogP contribution in [0.5, 0.6) is 0 Å². The van der Waals surface area contributed by atoms with Crippen molar-refractivity contribution >= 4 is 81.1 Å². The molecule has 0 radical (unpaired) electrons. The lowest BCUT2D eigenvalue weighted by Gasteiger charge is -2.50. The van der Waals surface area contributed by atoms with E-state index in [1.165, 1.54) is 42.8 Å². The molecule has 0 spiro atoms. The number of nitrogens with zero attached hydrogens (tertiary/aromatic N) is 5. The van der Waals surface area contributed by atoms with E-state index in [0.717, 1.165) is 16.2 Å². The number of β-lactam (4-membered cyclic amide) rings is 1. The number of amides is 2. The van der Waals surface area contributed by atoms with Crippen LogP contribution in [0.2, 0.25) is 0 Å². The van der Waals surface area contributed by atoms with E-state index < -0.39 is 46.5 Å². The fraction of sp³-hybridized carbons (Fsp3) is 0.391. The molecule has 2 aromatic heterocycles. The van der Waals surface area contributed by atoms with E-state index in [1.807, 2.05) is 0 Å². The average Bonchev–Trinajstić information content (AvgIpc) is 3.36. The molecule has 1 unspecified atom stereocenters. The Morgan fingerprint density at radius 2 is 2.02 bits per heavy atom. The number of nitrogens with two attached hydrogens (primary N) is 3. The molecule has 8 N–H and O–H groups in total. The van der Waals surface area contributed by atoms with E-state index in [4.69, 9.17) is 22.0 Å². The summed E-state index contributed by atoms with van der Waals surface area (Å²) >= 11 is 3.46. The number of carboxylic acid groups (broad SMARTS) is 2. The third-order valence-corrected chi connectivity index (χ3v) is 9.52. The Labute approximate surface area is 251 Å². The van der Waals surface area contributed by atoms with E-state index in [2.05, 4.69) is 20.4 Å². The molecule has 19 heteroatoms. The zero-order chi connectivity index (χ0) is 31.1. The van der Waals surface area contributed by atoms with Crippen LogP contribution >= 0.6 is 34.9 Å². The minimum absolute atomic E-state index is 0.00454. The lowest BCUT2D eigenvalue weighted by Crippen LogP contribution is -2.71. The molecule has 0 saturated carbocycles. The number of aliphatic carboxylic acids is 2. The molecule has 42 heavy (non-hydrogen) atoms. The highest BCUT2D eigenvalue weighted by atomic mass is 32.2. The van der Waals surface area contributed by atoms with Crippen LogP contribution in [0.3, 0.4) is 0 Å². The van der Waals surface area contributed by atoms with Gasteiger partial charge >= 0.3 is 11.1 Å². The van der Waals surface area contributed by atoms with Crippen molar-refractivity contribution in [1.82, 2.24) is 20.2 Å². The summed E-state index contributed by atoms with van der Waals surface area (Å²) in [7, 11) is 1.70. The number of hydrogen-bond acceptors (Lipinski definition) is 15. The third kappa shape index (κ3) is 5.79. The van der Waals surface area contributed by atoms with Gasteiger partial charge in [-0.3, -0.25) is 14.5 Å². The van der Waals surface area contributed by atoms with E-state index in [0.29, 0.717) is 22.1 Å². The van der Waals surface area contributed by atoms with Gasteiger partial charge in [-0.05, 0) is 38.1 Å². The minimum Gasteiger partial charge on any atom is -0.543 e. The van der Waals surface area contributed by atoms with Crippen LogP contribution in [0.25, 0.3) is 0 Å². The van der Waals surface area contributed by atoms with E-state index in [9.17, 15) is 29.4 Å². The van der Waals surface area contributed by atoms with Crippen LogP contribution in [0.1, 0.15) is 25.1 Å². The molecule has 2 aromatic rings. The molecule has 2 aliphatic rings. The van der Waals surface area contributed by atoms with Crippen molar-refractivity contribution < 1.29 is 38.8 Å². The topological polar surface area (TPSA) is 256 Å². The van der Waals surface area contributed by atoms with Gasteiger partial charge in [-0.15, -0.1) is 23.1 Å². The minimum atomic E-state index is -1.78. The molecule has 0 bridgehead atoms. The number of nitrogen functional groups attached to an aromatic ring is 3. The number of carboxylic acids is 2. The fourth-order valence-electron chi connectivity index (χ4n) is 3.82. The number of aromatic nitrogens is 3. The molecule has 2 aliphatic heterocycles. The summed E-state index contributed by atoms with van der Waals surface area (Å²) in [5, 5.41) is 28.9. The highest BCUT2D eigenvalue weighted by Gasteiger charge is 2.53. The summed E-state index contributed by atoms with van der Waals surface area (Å²) in [4.78, 5) is 64.4. The monoisotopic (exact) mass is 637 g/mol. The first-order valence-electron chi connectivity index (χ1n) is 12.1. The van der Waals surface area contributed by atoms with Gasteiger partial charge in [-0.25, -0.2) is 14.3 Å². The maximum absolute atomic E-state index is 13.2. The van der Waals surface area contributed by atoms with Gasteiger partial charge < -0.3 is 42.4 Å². The molecular weight excluding hydrogens is 611 g/mol. The number of anilines is 3. The summed E-state index contributed by atoms with van der Waals surface area (Å²) in [5.74, 6) is -3.42. The van der Waals surface area contributed by atoms with Gasteiger partial charge in [0, 0.05) is 16.9 Å². The summed E-state index contributed by atoms with van der Waals surface area (Å²) in [5.41, 5.74) is 16.3. The van der Waals surface area contributed by atoms with Crippen LogP contribution in [0.4, 0.5) is 16.8 Å². The second kappa shape index (κ2) is 11.6. The van der Waals surface area contributed by atoms with Gasteiger partial charge in [0.05, 0.1) is 24.3 Å². The standard InChI is InChI=1S/C23H27N9O7S3/c1-8-14(24)29-22(31(4)15(8)25)42-6-9-5-40-18-12(17(34)32(18)13(9)19(35)36)28-16(33)11(10-7-41-21(26)27-10)30-39-23(2,3)20(37)38/h7,12,18H,5-6H2,1-4H3,(H8,24,25,26,27,28,33,35,36,37,38)/b30-11-/t12?,18-/m1/s1. The van der Waals surface area contributed by atoms with E-state index in [-0.39, 0.29) is 33.8 Å². The Kier molecular flexibility index (Phi) is 8.55. The first-order chi connectivity index (χ1) is 19.6. The Morgan fingerprint density at radius 1 is 1.33 bits per heavy atom. The molecule has 16 nitrogen and oxygen atoms in total. The van der Waals surface area contributed by atoms with Gasteiger partial charge in [0.2, 0.25) is 17.2 Å². The summed E-state index contributed by atoms with van der Waals surface area (Å²) in [6, 6.07) is -1.11. The van der Waals surface area contributed by atoms with Gasteiger partial charge in [0.15, 0.2) is 10.8 Å². The smallest absolute Gasteiger partial charge is 0.350 e. The van der Waals surface area contributed by atoms with E-state index >= 15 is 0 Å². The van der Waals surface area contributed by atoms with Crippen molar-refractivity contribution in [2.45, 2.75) is 42.9 Å². The maximum atomic E-state index is 13.2. The molecule has 4 heterocycles. The summed E-state index contributed by atoms with van der Waals surface area (Å²) < 4.78 is 1.63. The predicted octanol–water partition coefficient (Wildman–Crippen LogP) is -1.80. The quantitative estimate of drug-likeness (QED) is 0.0481. The van der Waals surface area contributed by atoms with Crippen molar-refractivity contribution in [3.8, 4) is 0 Å². The van der Waals surface area contributed by atoms with Gasteiger partial charge in [0.25, 0.3) is 11.8 Å². The first-order valence-corrected chi connectivity index (χ1v) is 15.0. The number of oxime groups is 1. The molecule has 224 valence electrons. The Hall–Kier alpha value is -4.10. The lowest BCUT2D eigenvalue weighted by atomic mass is 10.0.